The van der Waals surface area contributed by atoms with Crippen LogP contribution in [-0.4, -0.2) is 35.9 Å². The summed E-state index contributed by atoms with van der Waals surface area (Å²) in [5.41, 5.74) is 0.111. The molecule has 1 atom stereocenters. The summed E-state index contributed by atoms with van der Waals surface area (Å²) in [6.07, 6.45) is 4.93. The summed E-state index contributed by atoms with van der Waals surface area (Å²) < 4.78 is 9.99. The number of carbonyl (C=O) groups excluding carboxylic acids is 2. The van der Waals surface area contributed by atoms with Gasteiger partial charge < -0.3 is 19.9 Å². The van der Waals surface area contributed by atoms with E-state index in [1.54, 1.807) is 13.0 Å². The SMILES string of the molecule is CCOC(=O)/C=C/C(O)(/C=C/c1ccccc1)CNC(=O)OCc1ccccc1. The molecule has 0 aliphatic carbocycles. The van der Waals surface area contributed by atoms with Crippen molar-refractivity contribution in [3.8, 4) is 0 Å². The van der Waals surface area contributed by atoms with Gasteiger partial charge in [-0.1, -0.05) is 66.7 Å². The Balaban J connectivity index is 2.00. The molecule has 1 unspecified atom stereocenters. The zero-order valence-corrected chi connectivity index (χ0v) is 16.3. The number of rotatable bonds is 9. The Bertz CT molecular complexity index is 833. The molecule has 0 spiro atoms. The summed E-state index contributed by atoms with van der Waals surface area (Å²) in [6, 6.07) is 18.6. The van der Waals surface area contributed by atoms with Gasteiger partial charge in [0, 0.05) is 6.08 Å². The summed E-state index contributed by atoms with van der Waals surface area (Å²) in [7, 11) is 0. The maximum Gasteiger partial charge on any atom is 0.407 e. The molecule has 1 amide bonds. The van der Waals surface area contributed by atoms with E-state index >= 15 is 0 Å². The van der Waals surface area contributed by atoms with Crippen LogP contribution in [0.2, 0.25) is 0 Å². The molecule has 0 heterocycles. The lowest BCUT2D eigenvalue weighted by atomic mass is 10.0. The van der Waals surface area contributed by atoms with Crippen molar-refractivity contribution in [2.45, 2.75) is 19.1 Å². The van der Waals surface area contributed by atoms with Gasteiger partial charge in [-0.05, 0) is 30.2 Å². The first-order chi connectivity index (χ1) is 14.0. The molecule has 152 valence electrons. The van der Waals surface area contributed by atoms with Crippen molar-refractivity contribution < 1.29 is 24.2 Å². The van der Waals surface area contributed by atoms with Crippen molar-refractivity contribution in [2.24, 2.45) is 0 Å². The molecule has 6 nitrogen and oxygen atoms in total. The van der Waals surface area contributed by atoms with E-state index in [2.05, 4.69) is 5.32 Å². The molecule has 2 N–H and O–H groups in total. The minimum absolute atomic E-state index is 0.115. The van der Waals surface area contributed by atoms with Crippen LogP contribution < -0.4 is 5.32 Å². The molecule has 0 radical (unpaired) electrons. The summed E-state index contributed by atoms with van der Waals surface area (Å²) in [5, 5.41) is 13.4. The topological polar surface area (TPSA) is 84.9 Å². The van der Waals surface area contributed by atoms with Crippen LogP contribution in [-0.2, 0) is 20.9 Å². The molecule has 0 aliphatic rings. The van der Waals surface area contributed by atoms with Gasteiger partial charge in [0.05, 0.1) is 13.2 Å². The molecule has 2 aromatic carbocycles. The number of hydrogen-bond acceptors (Lipinski definition) is 5. The van der Waals surface area contributed by atoms with E-state index in [4.69, 9.17) is 9.47 Å². The maximum absolute atomic E-state index is 12.0. The van der Waals surface area contributed by atoms with Crippen LogP contribution in [0.5, 0.6) is 0 Å². The highest BCUT2D eigenvalue weighted by molar-refractivity contribution is 5.82. The van der Waals surface area contributed by atoms with E-state index in [1.165, 1.54) is 12.2 Å². The van der Waals surface area contributed by atoms with E-state index in [0.29, 0.717) is 0 Å². The highest BCUT2D eigenvalue weighted by atomic mass is 16.5. The zero-order chi connectivity index (χ0) is 21.0. The van der Waals surface area contributed by atoms with Crippen molar-refractivity contribution >= 4 is 18.1 Å². The average molecular weight is 395 g/mol. The van der Waals surface area contributed by atoms with Crippen LogP contribution in [0.4, 0.5) is 4.79 Å². The predicted molar refractivity (Wildman–Crippen MR) is 111 cm³/mol. The number of hydrogen-bond donors (Lipinski definition) is 2. The van der Waals surface area contributed by atoms with Gasteiger partial charge in [0.15, 0.2) is 0 Å². The van der Waals surface area contributed by atoms with Crippen molar-refractivity contribution in [1.82, 2.24) is 5.32 Å². The van der Waals surface area contributed by atoms with Crippen molar-refractivity contribution in [2.75, 3.05) is 13.2 Å². The second-order valence-electron chi connectivity index (χ2n) is 6.24. The Morgan fingerprint density at radius 2 is 1.66 bits per heavy atom. The minimum atomic E-state index is -1.60. The molecule has 0 bridgehead atoms. The fraction of sp³-hybridized carbons (Fsp3) is 0.217. The molecular weight excluding hydrogens is 370 g/mol. The van der Waals surface area contributed by atoms with Crippen LogP contribution in [0.25, 0.3) is 6.08 Å². The summed E-state index contributed by atoms with van der Waals surface area (Å²) >= 11 is 0. The van der Waals surface area contributed by atoms with E-state index in [9.17, 15) is 14.7 Å². The zero-order valence-electron chi connectivity index (χ0n) is 16.3. The molecule has 6 heteroatoms. The smallest absolute Gasteiger partial charge is 0.407 e. The van der Waals surface area contributed by atoms with Crippen LogP contribution in [0.1, 0.15) is 18.1 Å². The third kappa shape index (κ3) is 8.45. The van der Waals surface area contributed by atoms with Crippen molar-refractivity contribution in [1.29, 1.82) is 0 Å². The number of alkyl carbamates (subject to hydrolysis) is 1. The predicted octanol–water partition coefficient (Wildman–Crippen LogP) is 3.48. The highest BCUT2D eigenvalue weighted by Crippen LogP contribution is 2.12. The highest BCUT2D eigenvalue weighted by Gasteiger charge is 2.22. The van der Waals surface area contributed by atoms with Gasteiger partial charge in [-0.3, -0.25) is 0 Å². The van der Waals surface area contributed by atoms with Gasteiger partial charge in [-0.15, -0.1) is 0 Å². The van der Waals surface area contributed by atoms with E-state index in [0.717, 1.165) is 17.2 Å². The number of nitrogens with one attached hydrogen (secondary N) is 1. The molecule has 2 rings (SSSR count). The number of aliphatic hydroxyl groups is 1. The lowest BCUT2D eigenvalue weighted by Gasteiger charge is -2.21. The molecule has 0 saturated heterocycles. The van der Waals surface area contributed by atoms with Gasteiger partial charge in [-0.2, -0.15) is 0 Å². The first-order valence-electron chi connectivity index (χ1n) is 9.28. The molecule has 2 aromatic rings. The summed E-state index contributed by atoms with van der Waals surface area (Å²) in [5.74, 6) is -0.578. The average Bonchev–Trinajstić information content (AvgIpc) is 2.75. The van der Waals surface area contributed by atoms with Crippen LogP contribution in [0.15, 0.2) is 78.9 Å². The molecule has 0 aromatic heterocycles. The molecule has 0 saturated carbocycles. The van der Waals surface area contributed by atoms with Gasteiger partial charge in [0.1, 0.15) is 12.2 Å². The fourth-order valence-corrected chi connectivity index (χ4v) is 2.37. The van der Waals surface area contributed by atoms with Crippen LogP contribution in [0.3, 0.4) is 0 Å². The second kappa shape index (κ2) is 11.5. The van der Waals surface area contributed by atoms with Crippen LogP contribution >= 0.6 is 0 Å². The first kappa shape index (κ1) is 21.9. The third-order valence-corrected chi connectivity index (χ3v) is 3.89. The molecule has 0 aliphatic heterocycles. The minimum Gasteiger partial charge on any atom is -0.463 e. The quantitative estimate of drug-likeness (QED) is 0.502. The molecule has 0 fully saturated rings. The lowest BCUT2D eigenvalue weighted by molar-refractivity contribution is -0.137. The van der Waals surface area contributed by atoms with Crippen molar-refractivity contribution in [3.05, 3.63) is 90.0 Å². The van der Waals surface area contributed by atoms with E-state index in [1.807, 2.05) is 60.7 Å². The summed E-state index contributed by atoms with van der Waals surface area (Å²) in [4.78, 5) is 23.6. The Labute approximate surface area is 170 Å². The molecular formula is C23H25NO5. The van der Waals surface area contributed by atoms with E-state index < -0.39 is 17.7 Å². The molecule has 29 heavy (non-hydrogen) atoms. The Morgan fingerprint density at radius 3 is 2.31 bits per heavy atom. The fourth-order valence-electron chi connectivity index (χ4n) is 2.37. The van der Waals surface area contributed by atoms with Crippen molar-refractivity contribution in [3.63, 3.8) is 0 Å². The monoisotopic (exact) mass is 395 g/mol. The normalized spacial score (nSPS) is 13.2. The largest absolute Gasteiger partial charge is 0.463 e. The third-order valence-electron chi connectivity index (χ3n) is 3.89. The number of carbonyl (C=O) groups is 2. The van der Waals surface area contributed by atoms with Gasteiger partial charge in [-0.25, -0.2) is 9.59 Å². The standard InChI is InChI=1S/C23H25NO5/c1-2-28-21(25)14-16-23(27,15-13-19-9-5-3-6-10-19)18-24-22(26)29-17-20-11-7-4-8-12-20/h3-16,27H,2,17-18H2,1H3,(H,24,26)/b15-13+,16-14+. The number of ether oxygens (including phenoxy) is 2. The number of benzene rings is 2. The van der Waals surface area contributed by atoms with Gasteiger partial charge in [0.2, 0.25) is 0 Å². The Morgan fingerprint density at radius 1 is 1.00 bits per heavy atom. The van der Waals surface area contributed by atoms with E-state index in [-0.39, 0.29) is 19.8 Å². The Kier molecular flexibility index (Phi) is 8.66. The first-order valence-corrected chi connectivity index (χ1v) is 9.28. The van der Waals surface area contributed by atoms with Crippen LogP contribution in [0, 0.1) is 0 Å². The number of esters is 1. The number of amides is 1. The second-order valence-corrected chi connectivity index (χ2v) is 6.24. The lowest BCUT2D eigenvalue weighted by Crippen LogP contribution is -2.40. The maximum atomic E-state index is 12.0. The van der Waals surface area contributed by atoms with Gasteiger partial charge in [0.25, 0.3) is 0 Å². The Hall–Kier alpha value is -3.38. The van der Waals surface area contributed by atoms with Gasteiger partial charge >= 0.3 is 12.1 Å². The summed E-state index contributed by atoms with van der Waals surface area (Å²) in [6.45, 7) is 1.85.